The van der Waals surface area contributed by atoms with Gasteiger partial charge in [0.1, 0.15) is 6.54 Å². The van der Waals surface area contributed by atoms with Crippen molar-refractivity contribution in [1.82, 2.24) is 4.90 Å². The maximum absolute atomic E-state index is 13.0. The SMILES string of the molecule is O=C(CN1C(=O)c2ccccc2C1=O)Nc1ccc(C(=O)Nc2ccc(C(=O)Nc3c(Br)c(C(=O)O)c(Br)c(C(=O)O)c3Br)cc2)cc1. The second-order valence-corrected chi connectivity index (χ2v) is 12.4. The monoisotopic (exact) mass is 840 g/mol. The minimum atomic E-state index is -1.43. The highest BCUT2D eigenvalue weighted by Crippen LogP contribution is 2.42. The molecule has 1 aliphatic rings. The van der Waals surface area contributed by atoms with E-state index in [0.29, 0.717) is 11.4 Å². The van der Waals surface area contributed by atoms with Crippen LogP contribution < -0.4 is 16.0 Å². The van der Waals surface area contributed by atoms with Crippen molar-refractivity contribution in [1.29, 1.82) is 0 Å². The first-order valence-corrected chi connectivity index (χ1v) is 15.9. The number of nitrogens with zero attached hydrogens (tertiary/aromatic N) is 1. The Kier molecular flexibility index (Phi) is 9.88. The van der Waals surface area contributed by atoms with E-state index >= 15 is 0 Å². The van der Waals surface area contributed by atoms with Gasteiger partial charge in [0, 0.05) is 27.0 Å². The Morgan fingerprint density at radius 2 is 1.00 bits per heavy atom. The second kappa shape index (κ2) is 13.9. The number of aromatic carboxylic acids is 2. The summed E-state index contributed by atoms with van der Waals surface area (Å²) in [5.74, 6) is -5.76. The van der Waals surface area contributed by atoms with Crippen molar-refractivity contribution < 1.29 is 43.8 Å². The third-order valence-electron chi connectivity index (χ3n) is 7.00. The highest BCUT2D eigenvalue weighted by atomic mass is 79.9. The first kappa shape index (κ1) is 34.2. The molecule has 1 heterocycles. The summed E-state index contributed by atoms with van der Waals surface area (Å²) in [5, 5.41) is 27.0. The van der Waals surface area contributed by atoms with E-state index in [0.717, 1.165) is 4.90 Å². The molecular weight excluding hydrogens is 824 g/mol. The minimum absolute atomic E-state index is 0.0654. The van der Waals surface area contributed by atoms with Gasteiger partial charge in [-0.25, -0.2) is 9.59 Å². The molecule has 0 radical (unpaired) electrons. The van der Waals surface area contributed by atoms with Gasteiger partial charge >= 0.3 is 11.9 Å². The van der Waals surface area contributed by atoms with Crippen LogP contribution in [0.3, 0.4) is 0 Å². The summed E-state index contributed by atoms with van der Waals surface area (Å²) in [5.41, 5.74) is 0.574. The number of amides is 5. The predicted molar refractivity (Wildman–Crippen MR) is 183 cm³/mol. The lowest BCUT2D eigenvalue weighted by atomic mass is 10.1. The summed E-state index contributed by atoms with van der Waals surface area (Å²) in [4.78, 5) is 87.8. The first-order chi connectivity index (χ1) is 22.8. The number of fused-ring (bicyclic) bond motifs is 1. The number of nitrogens with one attached hydrogen (secondary N) is 3. The van der Waals surface area contributed by atoms with Crippen LogP contribution in [0.25, 0.3) is 0 Å². The molecule has 0 saturated carbocycles. The number of anilines is 3. The molecule has 0 unspecified atom stereocenters. The van der Waals surface area contributed by atoms with Gasteiger partial charge in [0.15, 0.2) is 0 Å². The summed E-state index contributed by atoms with van der Waals surface area (Å²) in [7, 11) is 0. The number of hydrogen-bond acceptors (Lipinski definition) is 7. The van der Waals surface area contributed by atoms with Gasteiger partial charge in [-0.3, -0.25) is 28.9 Å². The molecule has 0 spiro atoms. The quantitative estimate of drug-likeness (QED) is 0.123. The number of carboxylic acids is 2. The zero-order valence-corrected chi connectivity index (χ0v) is 28.7. The van der Waals surface area contributed by atoms with Gasteiger partial charge in [-0.05, 0) is 108 Å². The van der Waals surface area contributed by atoms with Crippen LogP contribution in [0.15, 0.2) is 86.2 Å². The number of benzene rings is 4. The lowest BCUT2D eigenvalue weighted by Gasteiger charge is -2.16. The van der Waals surface area contributed by atoms with Gasteiger partial charge in [-0.15, -0.1) is 0 Å². The molecule has 5 amide bonds. The van der Waals surface area contributed by atoms with E-state index in [4.69, 9.17) is 0 Å². The second-order valence-electron chi connectivity index (χ2n) is 10.0. The Bertz CT molecular complexity index is 1990. The van der Waals surface area contributed by atoms with Crippen molar-refractivity contribution in [3.63, 3.8) is 0 Å². The highest BCUT2D eigenvalue weighted by Gasteiger charge is 2.36. The van der Waals surface area contributed by atoms with Crippen molar-refractivity contribution in [2.45, 2.75) is 0 Å². The van der Waals surface area contributed by atoms with Crippen LogP contribution >= 0.6 is 47.8 Å². The maximum atomic E-state index is 13.0. The normalized spacial score (nSPS) is 11.9. The Morgan fingerprint density at radius 3 is 1.44 bits per heavy atom. The Hall–Kier alpha value is -5.19. The van der Waals surface area contributed by atoms with E-state index in [1.54, 1.807) is 12.1 Å². The Labute approximate surface area is 295 Å². The summed E-state index contributed by atoms with van der Waals surface area (Å²) in [6.45, 7) is -0.479. The van der Waals surface area contributed by atoms with Gasteiger partial charge in [0.25, 0.3) is 23.6 Å². The largest absolute Gasteiger partial charge is 0.478 e. The van der Waals surface area contributed by atoms with Crippen molar-refractivity contribution in [2.24, 2.45) is 0 Å². The molecule has 13 nitrogen and oxygen atoms in total. The van der Waals surface area contributed by atoms with Gasteiger partial charge in [0.2, 0.25) is 5.91 Å². The maximum Gasteiger partial charge on any atom is 0.338 e. The highest BCUT2D eigenvalue weighted by molar-refractivity contribution is 9.11. The average Bonchev–Trinajstić information content (AvgIpc) is 3.28. The summed E-state index contributed by atoms with van der Waals surface area (Å²) in [6.07, 6.45) is 0. The van der Waals surface area contributed by atoms with Crippen molar-refractivity contribution in [3.8, 4) is 0 Å². The van der Waals surface area contributed by atoms with E-state index in [1.807, 2.05) is 0 Å². The van der Waals surface area contributed by atoms with Crippen molar-refractivity contribution in [3.05, 3.63) is 120 Å². The first-order valence-electron chi connectivity index (χ1n) is 13.5. The predicted octanol–water partition coefficient (Wildman–Crippen LogP) is 6.11. The molecule has 1 aliphatic heterocycles. The van der Waals surface area contributed by atoms with Gasteiger partial charge < -0.3 is 26.2 Å². The number of imide groups is 1. The van der Waals surface area contributed by atoms with Crippen LogP contribution in [0.1, 0.15) is 62.1 Å². The standard InChI is InChI=1S/C32H19Br3N4O9/c33-23-21(31(45)46)24(34)26(25(35)22(23)32(47)48)38-28(42)15-7-11-17(12-8-15)37-27(41)14-5-9-16(10-6-14)36-20(40)13-39-29(43)18-3-1-2-4-19(18)30(39)44/h1-12H,13H2,(H,36,40)(H,37,41)(H,38,42)(H,45,46)(H,47,48). The third kappa shape index (κ3) is 6.76. The molecule has 48 heavy (non-hydrogen) atoms. The van der Waals surface area contributed by atoms with E-state index in [2.05, 4.69) is 63.7 Å². The van der Waals surface area contributed by atoms with E-state index in [-0.39, 0.29) is 41.4 Å². The van der Waals surface area contributed by atoms with E-state index in [9.17, 15) is 43.8 Å². The lowest BCUT2D eigenvalue weighted by molar-refractivity contribution is -0.116. The summed E-state index contributed by atoms with van der Waals surface area (Å²) in [6, 6.07) is 17.9. The number of halogens is 3. The number of hydrogen-bond donors (Lipinski definition) is 5. The molecule has 0 atom stereocenters. The van der Waals surface area contributed by atoms with Crippen LogP contribution in [-0.4, -0.2) is 63.1 Å². The molecule has 0 bridgehead atoms. The van der Waals surface area contributed by atoms with Crippen molar-refractivity contribution >= 4 is 106 Å². The summed E-state index contributed by atoms with van der Waals surface area (Å²) >= 11 is 9.26. The van der Waals surface area contributed by atoms with Crippen LogP contribution in [0.4, 0.5) is 17.1 Å². The Morgan fingerprint density at radius 1 is 0.583 bits per heavy atom. The zero-order valence-electron chi connectivity index (χ0n) is 24.0. The molecule has 0 aromatic heterocycles. The number of rotatable bonds is 9. The van der Waals surface area contributed by atoms with Crippen LogP contribution in [0.5, 0.6) is 0 Å². The summed E-state index contributed by atoms with van der Waals surface area (Å²) < 4.78 is -0.327. The van der Waals surface area contributed by atoms with Crippen LogP contribution in [0, 0.1) is 0 Å². The fourth-order valence-electron chi connectivity index (χ4n) is 4.68. The van der Waals surface area contributed by atoms with Gasteiger partial charge in [-0.1, -0.05) is 12.1 Å². The minimum Gasteiger partial charge on any atom is -0.478 e. The van der Waals surface area contributed by atoms with Crippen LogP contribution in [-0.2, 0) is 4.79 Å². The number of carbonyl (C=O) groups excluding carboxylic acids is 5. The molecule has 5 rings (SSSR count). The molecule has 4 aromatic carbocycles. The number of carboxylic acid groups (broad SMARTS) is 2. The van der Waals surface area contributed by atoms with Gasteiger partial charge in [-0.2, -0.15) is 0 Å². The lowest BCUT2D eigenvalue weighted by Crippen LogP contribution is -2.37. The van der Waals surface area contributed by atoms with E-state index in [1.165, 1.54) is 60.7 Å². The fourth-order valence-corrected chi connectivity index (χ4v) is 7.54. The molecule has 4 aromatic rings. The average molecular weight is 843 g/mol. The van der Waals surface area contributed by atoms with Crippen LogP contribution in [0.2, 0.25) is 0 Å². The molecular formula is C32H19Br3N4O9. The number of carbonyl (C=O) groups is 7. The molecule has 0 aliphatic carbocycles. The topological polar surface area (TPSA) is 199 Å². The molecule has 0 saturated heterocycles. The fraction of sp³-hybridized carbons (Fsp3) is 0.0312. The molecule has 242 valence electrons. The molecule has 16 heteroatoms. The molecule has 5 N–H and O–H groups in total. The van der Waals surface area contributed by atoms with Crippen molar-refractivity contribution in [2.75, 3.05) is 22.5 Å². The van der Waals surface area contributed by atoms with Gasteiger partial charge in [0.05, 0.1) is 36.9 Å². The molecule has 0 fully saturated rings. The van der Waals surface area contributed by atoms with E-state index < -0.39 is 59.1 Å². The zero-order chi connectivity index (χ0) is 34.9. The Balaban J connectivity index is 1.20. The third-order valence-corrected chi connectivity index (χ3v) is 9.38. The smallest absolute Gasteiger partial charge is 0.338 e.